The van der Waals surface area contributed by atoms with Crippen molar-refractivity contribution in [3.63, 3.8) is 0 Å². The second-order valence-electron chi connectivity index (χ2n) is 3.64. The number of fused-ring (bicyclic) bond motifs is 1. The highest BCUT2D eigenvalue weighted by atomic mass is 79.9. The van der Waals surface area contributed by atoms with E-state index in [-0.39, 0.29) is 0 Å². The minimum atomic E-state index is -1.38. The summed E-state index contributed by atoms with van der Waals surface area (Å²) in [5, 5.41) is 0.900. The molecule has 0 saturated carbocycles. The van der Waals surface area contributed by atoms with Crippen molar-refractivity contribution in [2.45, 2.75) is 19.5 Å². The number of nitrogens with zero attached hydrogens (tertiary/aromatic N) is 1. The number of alkyl halides is 1. The van der Waals surface area contributed by atoms with Crippen LogP contribution in [0.15, 0.2) is 22.7 Å². The van der Waals surface area contributed by atoms with E-state index in [1.807, 2.05) is 18.2 Å². The molecule has 0 aliphatic carbocycles. The van der Waals surface area contributed by atoms with E-state index >= 15 is 0 Å². The van der Waals surface area contributed by atoms with E-state index in [4.69, 9.17) is 0 Å². The molecule has 1 aromatic heterocycles. The molecule has 0 N–H and O–H groups in total. The van der Waals surface area contributed by atoms with Crippen molar-refractivity contribution in [1.82, 2.24) is 4.37 Å². The van der Waals surface area contributed by atoms with Crippen molar-refractivity contribution in [1.29, 1.82) is 0 Å². The van der Waals surface area contributed by atoms with Gasteiger partial charge < -0.3 is 0 Å². The highest BCUT2D eigenvalue weighted by Crippen LogP contribution is 2.34. The van der Waals surface area contributed by atoms with Crippen molar-refractivity contribution in [3.8, 4) is 0 Å². The van der Waals surface area contributed by atoms with E-state index in [1.165, 1.54) is 25.4 Å². The summed E-state index contributed by atoms with van der Waals surface area (Å²) in [6.07, 6.45) is 0. The monoisotopic (exact) mass is 273 g/mol. The van der Waals surface area contributed by atoms with Crippen LogP contribution in [0.25, 0.3) is 10.1 Å². The van der Waals surface area contributed by atoms with Crippen LogP contribution in [0.1, 0.15) is 19.5 Å². The average molecular weight is 274 g/mol. The lowest BCUT2D eigenvalue weighted by Gasteiger charge is -2.10. The van der Waals surface area contributed by atoms with Crippen LogP contribution < -0.4 is 0 Å². The summed E-state index contributed by atoms with van der Waals surface area (Å²) in [5.74, 6) is 0. The minimum Gasteiger partial charge on any atom is -0.238 e. The maximum atomic E-state index is 13.7. The lowest BCUT2D eigenvalue weighted by Crippen LogP contribution is -2.09. The molecule has 0 spiro atoms. The molecule has 0 atom stereocenters. The number of hydrogen-bond donors (Lipinski definition) is 0. The smallest absolute Gasteiger partial charge is 0.148 e. The van der Waals surface area contributed by atoms with Crippen LogP contribution >= 0.6 is 27.5 Å². The molecule has 0 bridgehead atoms. The lowest BCUT2D eigenvalue weighted by molar-refractivity contribution is 0.218. The Balaban J connectivity index is 2.73. The maximum absolute atomic E-state index is 13.7. The Kier molecular flexibility index (Phi) is 2.35. The third kappa shape index (κ3) is 1.68. The second-order valence-corrected chi connectivity index (χ2v) is 5.36. The normalized spacial score (nSPS) is 12.3. The van der Waals surface area contributed by atoms with Gasteiger partial charge in [-0.05, 0) is 43.6 Å². The lowest BCUT2D eigenvalue weighted by atomic mass is 10.0. The quantitative estimate of drug-likeness (QED) is 0.757. The van der Waals surface area contributed by atoms with Gasteiger partial charge in [0.05, 0.1) is 10.4 Å². The molecule has 74 valence electrons. The second kappa shape index (κ2) is 3.28. The minimum absolute atomic E-state index is 0.527. The first kappa shape index (κ1) is 10.1. The molecule has 0 unspecified atom stereocenters. The standard InChI is InChI=1S/C10H9BrFNS/c1-10(2,12)9-7-5-6(11)3-4-8(7)14-13-9/h3-5H,1-2H3. The molecule has 14 heavy (non-hydrogen) atoms. The number of rotatable bonds is 1. The topological polar surface area (TPSA) is 12.9 Å². The van der Waals surface area contributed by atoms with Gasteiger partial charge in [0, 0.05) is 9.86 Å². The summed E-state index contributed by atoms with van der Waals surface area (Å²) >= 11 is 4.71. The number of aromatic nitrogens is 1. The van der Waals surface area contributed by atoms with Gasteiger partial charge in [0.15, 0.2) is 0 Å². The molecule has 0 fully saturated rings. The van der Waals surface area contributed by atoms with Gasteiger partial charge in [-0.25, -0.2) is 4.39 Å². The van der Waals surface area contributed by atoms with Crippen LogP contribution in [0.3, 0.4) is 0 Å². The molecular weight excluding hydrogens is 265 g/mol. The van der Waals surface area contributed by atoms with E-state index < -0.39 is 5.67 Å². The van der Waals surface area contributed by atoms with Gasteiger partial charge in [0.25, 0.3) is 0 Å². The fraction of sp³-hybridized carbons (Fsp3) is 0.300. The number of benzene rings is 1. The van der Waals surface area contributed by atoms with Crippen LogP contribution in [0.4, 0.5) is 4.39 Å². The highest BCUT2D eigenvalue weighted by molar-refractivity contribution is 9.10. The van der Waals surface area contributed by atoms with Gasteiger partial charge in [-0.15, -0.1) is 0 Å². The van der Waals surface area contributed by atoms with Crippen molar-refractivity contribution >= 4 is 37.5 Å². The predicted molar refractivity (Wildman–Crippen MR) is 61.5 cm³/mol. The van der Waals surface area contributed by atoms with Gasteiger partial charge in [-0.2, -0.15) is 4.37 Å². The van der Waals surface area contributed by atoms with Crippen LogP contribution in [0.5, 0.6) is 0 Å². The Labute approximate surface area is 94.2 Å². The van der Waals surface area contributed by atoms with Gasteiger partial charge in [-0.3, -0.25) is 0 Å². The molecule has 0 radical (unpaired) electrons. The zero-order valence-corrected chi connectivity index (χ0v) is 10.2. The summed E-state index contributed by atoms with van der Waals surface area (Å²) in [6, 6.07) is 5.80. The zero-order chi connectivity index (χ0) is 10.3. The van der Waals surface area contributed by atoms with Crippen molar-refractivity contribution < 1.29 is 4.39 Å². The molecule has 1 heterocycles. The highest BCUT2D eigenvalue weighted by Gasteiger charge is 2.24. The van der Waals surface area contributed by atoms with E-state index in [0.29, 0.717) is 5.69 Å². The molecule has 0 aliphatic heterocycles. The van der Waals surface area contributed by atoms with Crippen LogP contribution in [0.2, 0.25) is 0 Å². The van der Waals surface area contributed by atoms with E-state index in [9.17, 15) is 4.39 Å². The number of halogens is 2. The van der Waals surface area contributed by atoms with E-state index in [2.05, 4.69) is 20.3 Å². The summed E-state index contributed by atoms with van der Waals surface area (Å²) in [4.78, 5) is 0. The third-order valence-corrected chi connectivity index (χ3v) is 3.31. The molecular formula is C10H9BrFNS. The van der Waals surface area contributed by atoms with Crippen molar-refractivity contribution in [2.24, 2.45) is 0 Å². The molecule has 4 heteroatoms. The fourth-order valence-corrected chi connectivity index (χ4v) is 2.59. The molecule has 0 saturated heterocycles. The Bertz CT molecular complexity index is 472. The molecule has 1 nitrogen and oxygen atoms in total. The van der Waals surface area contributed by atoms with Gasteiger partial charge >= 0.3 is 0 Å². The average Bonchev–Trinajstić information content (AvgIpc) is 2.45. The summed E-state index contributed by atoms with van der Waals surface area (Å²) in [7, 11) is 0. The van der Waals surface area contributed by atoms with Crippen LogP contribution in [-0.4, -0.2) is 4.37 Å². The SMILES string of the molecule is CC(C)(F)c1nsc2ccc(Br)cc12. The van der Waals surface area contributed by atoms with Gasteiger partial charge in [0.2, 0.25) is 0 Å². The Morgan fingerprint density at radius 2 is 2.14 bits per heavy atom. The zero-order valence-electron chi connectivity index (χ0n) is 7.84. The molecule has 2 rings (SSSR count). The largest absolute Gasteiger partial charge is 0.238 e. The number of hydrogen-bond acceptors (Lipinski definition) is 2. The van der Waals surface area contributed by atoms with Crippen LogP contribution in [0, 0.1) is 0 Å². The van der Waals surface area contributed by atoms with Gasteiger partial charge in [0.1, 0.15) is 5.67 Å². The van der Waals surface area contributed by atoms with Gasteiger partial charge in [-0.1, -0.05) is 15.9 Å². The molecule has 2 aromatic rings. The molecule has 0 amide bonds. The summed E-state index contributed by atoms with van der Waals surface area (Å²) in [5.41, 5.74) is -0.849. The van der Waals surface area contributed by atoms with Crippen LogP contribution in [-0.2, 0) is 5.67 Å². The summed E-state index contributed by atoms with van der Waals surface area (Å²) in [6.45, 7) is 3.06. The molecule has 1 aromatic carbocycles. The first-order valence-corrected chi connectivity index (χ1v) is 5.79. The molecule has 0 aliphatic rings. The van der Waals surface area contributed by atoms with E-state index in [0.717, 1.165) is 14.6 Å². The Morgan fingerprint density at radius 1 is 1.43 bits per heavy atom. The first-order valence-electron chi connectivity index (χ1n) is 4.23. The maximum Gasteiger partial charge on any atom is 0.148 e. The van der Waals surface area contributed by atoms with E-state index in [1.54, 1.807) is 0 Å². The van der Waals surface area contributed by atoms with Crippen molar-refractivity contribution in [3.05, 3.63) is 28.4 Å². The third-order valence-electron chi connectivity index (χ3n) is 2.00. The predicted octanol–water partition coefficient (Wildman–Crippen LogP) is 4.26. The Morgan fingerprint density at radius 3 is 2.79 bits per heavy atom. The fourth-order valence-electron chi connectivity index (χ4n) is 1.34. The first-order chi connectivity index (χ1) is 6.48. The van der Waals surface area contributed by atoms with Crippen molar-refractivity contribution in [2.75, 3.05) is 0 Å². The Hall–Kier alpha value is -0.480. The summed E-state index contributed by atoms with van der Waals surface area (Å²) < 4.78 is 19.9.